The summed E-state index contributed by atoms with van der Waals surface area (Å²) in [7, 11) is -4.20. The first-order valence-electron chi connectivity index (χ1n) is 4.73. The van der Waals surface area contributed by atoms with Gasteiger partial charge in [0.2, 0.25) is 4.87 Å². The van der Waals surface area contributed by atoms with Crippen molar-refractivity contribution in [3.8, 4) is 0 Å². The number of hydrogen-bond acceptors (Lipinski definition) is 5. The molecule has 0 heterocycles. The van der Waals surface area contributed by atoms with Crippen LogP contribution in [0.1, 0.15) is 5.56 Å². The number of nitrogens with two attached hydrogens (primary N) is 1. The van der Waals surface area contributed by atoms with Gasteiger partial charge in [0.05, 0.1) is 12.4 Å². The molecule has 0 amide bonds. The van der Waals surface area contributed by atoms with Gasteiger partial charge in [-0.05, 0) is 5.56 Å². The summed E-state index contributed by atoms with van der Waals surface area (Å²) in [4.78, 5) is 8.16. The van der Waals surface area contributed by atoms with Gasteiger partial charge in [-0.25, -0.2) is 13.2 Å². The average Bonchev–Trinajstić information content (AvgIpc) is 2.28. The second-order valence-corrected chi connectivity index (χ2v) is 5.84. The second-order valence-electron chi connectivity index (χ2n) is 3.60. The summed E-state index contributed by atoms with van der Waals surface area (Å²) in [6.45, 7) is -1.17. The number of aliphatic carboxylic acids is 1. The van der Waals surface area contributed by atoms with Gasteiger partial charge >= 0.3 is 5.97 Å². The van der Waals surface area contributed by atoms with Crippen molar-refractivity contribution >= 4 is 15.8 Å². The zero-order valence-corrected chi connectivity index (χ0v) is 9.72. The lowest BCUT2D eigenvalue weighted by molar-refractivity contribution is -0.141. The van der Waals surface area contributed by atoms with Crippen LogP contribution in [0, 0.1) is 0 Å². The Kier molecular flexibility index (Phi) is 3.87. The van der Waals surface area contributed by atoms with Crippen LogP contribution in [0.5, 0.6) is 0 Å². The Hall–Kier alpha value is -1.44. The lowest BCUT2D eigenvalue weighted by Gasteiger charge is -2.22. The summed E-state index contributed by atoms with van der Waals surface area (Å²) in [5.41, 5.74) is 5.64. The number of sulfone groups is 1. The molecule has 7 heteroatoms. The van der Waals surface area contributed by atoms with E-state index in [2.05, 4.69) is 0 Å². The van der Waals surface area contributed by atoms with Crippen molar-refractivity contribution in [2.75, 3.05) is 6.61 Å². The molecule has 0 bridgehead atoms. The summed E-state index contributed by atoms with van der Waals surface area (Å²) in [6.07, 6.45) is 0. The first-order chi connectivity index (χ1) is 7.83. The van der Waals surface area contributed by atoms with Crippen LogP contribution >= 0.6 is 0 Å². The smallest absolute Gasteiger partial charge is 0.342 e. The molecule has 0 saturated carbocycles. The predicted molar refractivity (Wildman–Crippen MR) is 60.7 cm³/mol. The van der Waals surface area contributed by atoms with E-state index in [1.54, 1.807) is 18.2 Å². The molecule has 0 saturated heterocycles. The molecule has 1 aromatic carbocycles. The van der Waals surface area contributed by atoms with Gasteiger partial charge < -0.3 is 15.9 Å². The third-order valence-electron chi connectivity index (χ3n) is 2.35. The van der Waals surface area contributed by atoms with E-state index in [0.717, 1.165) is 0 Å². The molecular weight excluding hydrogens is 246 g/mol. The molecule has 6 nitrogen and oxygen atoms in total. The fraction of sp³-hybridized carbons (Fsp3) is 0.300. The molecule has 17 heavy (non-hydrogen) atoms. The molecule has 0 spiro atoms. The Labute approximate surface area is 98.6 Å². The monoisotopic (exact) mass is 259 g/mol. The van der Waals surface area contributed by atoms with Gasteiger partial charge in [-0.2, -0.15) is 0 Å². The highest BCUT2D eigenvalue weighted by Crippen LogP contribution is 2.17. The van der Waals surface area contributed by atoms with E-state index >= 15 is 0 Å². The van der Waals surface area contributed by atoms with Crippen LogP contribution in [0.3, 0.4) is 0 Å². The van der Waals surface area contributed by atoms with E-state index < -0.39 is 33.0 Å². The van der Waals surface area contributed by atoms with Crippen LogP contribution in [0.4, 0.5) is 0 Å². The van der Waals surface area contributed by atoms with Gasteiger partial charge in [-0.1, -0.05) is 30.3 Å². The minimum Gasteiger partial charge on any atom is -0.479 e. The maximum Gasteiger partial charge on any atom is 0.342 e. The zero-order valence-electron chi connectivity index (χ0n) is 8.91. The van der Waals surface area contributed by atoms with Crippen LogP contribution in [0.2, 0.25) is 0 Å². The molecule has 0 aliphatic heterocycles. The third kappa shape index (κ3) is 2.63. The van der Waals surface area contributed by atoms with Gasteiger partial charge in [-0.3, -0.25) is 0 Å². The van der Waals surface area contributed by atoms with E-state index in [1.165, 1.54) is 12.1 Å². The number of aliphatic hydroxyl groups is 1. The predicted octanol–water partition coefficient (Wildman–Crippen LogP) is -0.667. The first-order valence-corrected chi connectivity index (χ1v) is 6.38. The highest BCUT2D eigenvalue weighted by Gasteiger charge is 2.47. The van der Waals surface area contributed by atoms with Gasteiger partial charge in [0.1, 0.15) is 0 Å². The molecular formula is C10H13NO5S. The SMILES string of the molecule is NC(CO)(C(=O)O)S(=O)(=O)Cc1ccccc1. The molecule has 0 fully saturated rings. The van der Waals surface area contributed by atoms with Crippen LogP contribution < -0.4 is 5.73 Å². The largest absolute Gasteiger partial charge is 0.479 e. The Morgan fingerprint density at radius 1 is 1.29 bits per heavy atom. The molecule has 0 aliphatic rings. The molecule has 1 aromatic rings. The Balaban J connectivity index is 3.08. The van der Waals surface area contributed by atoms with Crippen molar-refractivity contribution in [2.24, 2.45) is 5.73 Å². The number of hydrogen-bond donors (Lipinski definition) is 3. The standard InChI is InChI=1S/C10H13NO5S/c11-10(7-12,9(13)14)17(15,16)6-8-4-2-1-3-5-8/h1-5,12H,6-7,11H2,(H,13,14). The Morgan fingerprint density at radius 2 is 1.82 bits per heavy atom. The van der Waals surface area contributed by atoms with Gasteiger partial charge in [0.25, 0.3) is 0 Å². The second kappa shape index (κ2) is 4.82. The third-order valence-corrected chi connectivity index (χ3v) is 4.48. The van der Waals surface area contributed by atoms with Crippen molar-refractivity contribution in [1.29, 1.82) is 0 Å². The lowest BCUT2D eigenvalue weighted by Crippen LogP contribution is -2.58. The highest BCUT2D eigenvalue weighted by molar-refractivity contribution is 7.92. The van der Waals surface area contributed by atoms with Crippen molar-refractivity contribution in [3.05, 3.63) is 35.9 Å². The maximum atomic E-state index is 11.8. The summed E-state index contributed by atoms with van der Waals surface area (Å²) in [5, 5.41) is 17.7. The summed E-state index contributed by atoms with van der Waals surface area (Å²) in [5.74, 6) is -2.30. The summed E-state index contributed by atoms with van der Waals surface area (Å²) >= 11 is 0. The Morgan fingerprint density at radius 3 is 2.24 bits per heavy atom. The minimum absolute atomic E-state index is 0.414. The van der Waals surface area contributed by atoms with Gasteiger partial charge in [-0.15, -0.1) is 0 Å². The summed E-state index contributed by atoms with van der Waals surface area (Å²) < 4.78 is 23.7. The molecule has 0 aliphatic carbocycles. The van der Waals surface area contributed by atoms with Gasteiger partial charge in [0.15, 0.2) is 9.84 Å². The quantitative estimate of drug-likeness (QED) is 0.645. The van der Waals surface area contributed by atoms with E-state index in [9.17, 15) is 13.2 Å². The van der Waals surface area contributed by atoms with E-state index in [0.29, 0.717) is 5.56 Å². The molecule has 1 rings (SSSR count). The maximum absolute atomic E-state index is 11.8. The fourth-order valence-corrected chi connectivity index (χ4v) is 2.57. The number of aliphatic hydroxyl groups excluding tert-OH is 1. The van der Waals surface area contributed by atoms with Crippen LogP contribution in [-0.4, -0.2) is 36.1 Å². The van der Waals surface area contributed by atoms with Crippen LogP contribution in [-0.2, 0) is 20.4 Å². The van der Waals surface area contributed by atoms with E-state index in [-0.39, 0.29) is 0 Å². The molecule has 1 unspecified atom stereocenters. The van der Waals surface area contributed by atoms with Crippen LogP contribution in [0.25, 0.3) is 0 Å². The number of carboxylic acid groups (broad SMARTS) is 1. The first kappa shape index (κ1) is 13.6. The van der Waals surface area contributed by atoms with Crippen molar-refractivity contribution < 1.29 is 23.4 Å². The number of rotatable bonds is 5. The topological polar surface area (TPSA) is 118 Å². The molecule has 94 valence electrons. The van der Waals surface area contributed by atoms with Crippen molar-refractivity contribution in [2.45, 2.75) is 10.6 Å². The molecule has 1 atom stereocenters. The molecule has 0 radical (unpaired) electrons. The normalized spacial score (nSPS) is 15.2. The molecule has 0 aromatic heterocycles. The summed E-state index contributed by atoms with van der Waals surface area (Å²) in [6, 6.07) is 8.04. The lowest BCUT2D eigenvalue weighted by atomic mass is 10.2. The Bertz CT molecular complexity index is 499. The number of carboxylic acids is 1. The number of carbonyl (C=O) groups is 1. The average molecular weight is 259 g/mol. The minimum atomic E-state index is -4.20. The zero-order chi connectivity index (χ0) is 13.1. The van der Waals surface area contributed by atoms with Crippen LogP contribution in [0.15, 0.2) is 30.3 Å². The van der Waals surface area contributed by atoms with Crippen molar-refractivity contribution in [1.82, 2.24) is 0 Å². The van der Waals surface area contributed by atoms with Gasteiger partial charge in [0, 0.05) is 0 Å². The highest BCUT2D eigenvalue weighted by atomic mass is 32.2. The molecule has 4 N–H and O–H groups in total. The van der Waals surface area contributed by atoms with Crippen molar-refractivity contribution in [3.63, 3.8) is 0 Å². The van der Waals surface area contributed by atoms with E-state index in [1.807, 2.05) is 0 Å². The van der Waals surface area contributed by atoms with E-state index in [4.69, 9.17) is 15.9 Å². The number of benzene rings is 1. The fourth-order valence-electron chi connectivity index (χ4n) is 1.22.